The molecule has 1 aliphatic rings. The molecule has 0 aromatic carbocycles. The van der Waals surface area contributed by atoms with Crippen molar-refractivity contribution in [3.05, 3.63) is 11.7 Å². The van der Waals surface area contributed by atoms with Crippen molar-refractivity contribution in [2.45, 2.75) is 52.2 Å². The Bertz CT molecular complexity index is 342. The van der Waals surface area contributed by atoms with Crippen LogP contribution in [0.1, 0.15) is 38.9 Å². The molecule has 5 nitrogen and oxygen atoms in total. The summed E-state index contributed by atoms with van der Waals surface area (Å²) in [6.45, 7) is 9.43. The highest BCUT2D eigenvalue weighted by Gasteiger charge is 2.25. The van der Waals surface area contributed by atoms with Gasteiger partial charge in [-0.25, -0.2) is 0 Å². The second-order valence-electron chi connectivity index (χ2n) is 4.88. The van der Waals surface area contributed by atoms with Crippen LogP contribution in [-0.2, 0) is 13.0 Å². The van der Waals surface area contributed by atoms with Crippen LogP contribution in [0.4, 0.5) is 0 Å². The smallest absolute Gasteiger partial charge is 0.226 e. The Labute approximate surface area is 103 Å². The standard InChI is InChI=1S/C12H22N4O/c1-4-5-12-14-11(15-17-12)8-16-9(2)6-13-7-10(16)3/h9-10,13H,4-8H2,1-3H3. The van der Waals surface area contributed by atoms with E-state index in [1.54, 1.807) is 0 Å². The summed E-state index contributed by atoms with van der Waals surface area (Å²) < 4.78 is 5.21. The van der Waals surface area contributed by atoms with E-state index in [1.165, 1.54) is 0 Å². The molecular formula is C12H22N4O. The minimum absolute atomic E-state index is 0.520. The van der Waals surface area contributed by atoms with E-state index in [4.69, 9.17) is 4.52 Å². The molecule has 1 fully saturated rings. The van der Waals surface area contributed by atoms with Gasteiger partial charge in [-0.1, -0.05) is 12.1 Å². The van der Waals surface area contributed by atoms with Gasteiger partial charge in [-0.05, 0) is 20.3 Å². The highest BCUT2D eigenvalue weighted by atomic mass is 16.5. The number of rotatable bonds is 4. The average molecular weight is 238 g/mol. The van der Waals surface area contributed by atoms with Gasteiger partial charge in [0.1, 0.15) is 0 Å². The molecule has 1 aromatic heterocycles. The van der Waals surface area contributed by atoms with Crippen LogP contribution in [0.15, 0.2) is 4.52 Å². The molecule has 5 heteroatoms. The Morgan fingerprint density at radius 2 is 2.06 bits per heavy atom. The lowest BCUT2D eigenvalue weighted by Crippen LogP contribution is -2.54. The molecule has 1 N–H and O–H groups in total. The molecule has 0 radical (unpaired) electrons. The van der Waals surface area contributed by atoms with E-state index in [0.29, 0.717) is 12.1 Å². The maximum atomic E-state index is 5.21. The Kier molecular flexibility index (Phi) is 4.12. The summed E-state index contributed by atoms with van der Waals surface area (Å²) in [6, 6.07) is 1.04. The van der Waals surface area contributed by atoms with Crippen molar-refractivity contribution in [2.24, 2.45) is 0 Å². The third-order valence-electron chi connectivity index (χ3n) is 3.31. The fourth-order valence-corrected chi connectivity index (χ4v) is 2.31. The predicted octanol–water partition coefficient (Wildman–Crippen LogP) is 1.20. The molecule has 0 amide bonds. The van der Waals surface area contributed by atoms with Crippen LogP contribution in [0, 0.1) is 0 Å². The molecule has 0 aliphatic carbocycles. The Morgan fingerprint density at radius 3 is 2.71 bits per heavy atom. The number of nitrogens with one attached hydrogen (secondary N) is 1. The van der Waals surface area contributed by atoms with Crippen molar-refractivity contribution < 1.29 is 4.52 Å². The van der Waals surface area contributed by atoms with Crippen LogP contribution in [0.3, 0.4) is 0 Å². The van der Waals surface area contributed by atoms with E-state index >= 15 is 0 Å². The van der Waals surface area contributed by atoms with Crippen molar-refractivity contribution in [3.8, 4) is 0 Å². The number of hydrogen-bond donors (Lipinski definition) is 1. The molecule has 2 heterocycles. The van der Waals surface area contributed by atoms with Crippen molar-refractivity contribution in [1.82, 2.24) is 20.4 Å². The fourth-order valence-electron chi connectivity index (χ4n) is 2.31. The normalized spacial score (nSPS) is 26.3. The van der Waals surface area contributed by atoms with Crippen LogP contribution >= 0.6 is 0 Å². The molecular weight excluding hydrogens is 216 g/mol. The van der Waals surface area contributed by atoms with Gasteiger partial charge in [0.25, 0.3) is 0 Å². The van der Waals surface area contributed by atoms with E-state index in [1.807, 2.05) is 0 Å². The van der Waals surface area contributed by atoms with Crippen molar-refractivity contribution >= 4 is 0 Å². The second kappa shape index (κ2) is 5.60. The molecule has 2 atom stereocenters. The van der Waals surface area contributed by atoms with Crippen LogP contribution < -0.4 is 5.32 Å². The summed E-state index contributed by atoms with van der Waals surface area (Å²) in [7, 11) is 0. The maximum Gasteiger partial charge on any atom is 0.226 e. The SMILES string of the molecule is CCCc1nc(CN2C(C)CNCC2C)no1. The predicted molar refractivity (Wildman–Crippen MR) is 65.6 cm³/mol. The van der Waals surface area contributed by atoms with E-state index < -0.39 is 0 Å². The Hall–Kier alpha value is -0.940. The monoisotopic (exact) mass is 238 g/mol. The first-order valence-corrected chi connectivity index (χ1v) is 6.48. The minimum atomic E-state index is 0.520. The van der Waals surface area contributed by atoms with Gasteiger partial charge < -0.3 is 9.84 Å². The van der Waals surface area contributed by atoms with Gasteiger partial charge in [0, 0.05) is 31.6 Å². The number of piperazine rings is 1. The largest absolute Gasteiger partial charge is 0.339 e. The fraction of sp³-hybridized carbons (Fsp3) is 0.833. The molecule has 1 saturated heterocycles. The van der Waals surface area contributed by atoms with Crippen molar-refractivity contribution in [2.75, 3.05) is 13.1 Å². The topological polar surface area (TPSA) is 54.2 Å². The molecule has 96 valence electrons. The molecule has 0 spiro atoms. The zero-order valence-electron chi connectivity index (χ0n) is 10.9. The lowest BCUT2D eigenvalue weighted by atomic mass is 10.1. The Balaban J connectivity index is 1.98. The Morgan fingerprint density at radius 1 is 1.35 bits per heavy atom. The zero-order chi connectivity index (χ0) is 12.3. The number of hydrogen-bond acceptors (Lipinski definition) is 5. The first kappa shape index (κ1) is 12.5. The maximum absolute atomic E-state index is 5.21. The van der Waals surface area contributed by atoms with E-state index in [9.17, 15) is 0 Å². The second-order valence-corrected chi connectivity index (χ2v) is 4.88. The first-order valence-electron chi connectivity index (χ1n) is 6.48. The molecule has 0 saturated carbocycles. The van der Waals surface area contributed by atoms with Crippen LogP contribution in [0.2, 0.25) is 0 Å². The molecule has 2 rings (SSSR count). The average Bonchev–Trinajstić information content (AvgIpc) is 2.72. The van der Waals surface area contributed by atoms with Gasteiger partial charge in [-0.3, -0.25) is 4.90 Å². The van der Waals surface area contributed by atoms with E-state index in [0.717, 1.165) is 44.2 Å². The molecule has 1 aromatic rings. The molecule has 2 unspecified atom stereocenters. The molecule has 1 aliphatic heterocycles. The first-order chi connectivity index (χ1) is 8.20. The van der Waals surface area contributed by atoms with Gasteiger partial charge in [-0.15, -0.1) is 0 Å². The summed E-state index contributed by atoms with van der Waals surface area (Å²) in [6.07, 6.45) is 1.92. The number of nitrogens with zero attached hydrogens (tertiary/aromatic N) is 3. The van der Waals surface area contributed by atoms with Gasteiger partial charge in [0.15, 0.2) is 5.82 Å². The summed E-state index contributed by atoms with van der Waals surface area (Å²) in [5, 5.41) is 7.47. The van der Waals surface area contributed by atoms with Gasteiger partial charge >= 0.3 is 0 Å². The lowest BCUT2D eigenvalue weighted by molar-refractivity contribution is 0.104. The van der Waals surface area contributed by atoms with E-state index in [2.05, 4.69) is 41.1 Å². The number of aromatic nitrogens is 2. The highest BCUT2D eigenvalue weighted by Crippen LogP contribution is 2.13. The van der Waals surface area contributed by atoms with Crippen molar-refractivity contribution in [1.29, 1.82) is 0 Å². The molecule has 0 bridgehead atoms. The summed E-state index contributed by atoms with van der Waals surface area (Å²) in [4.78, 5) is 6.85. The zero-order valence-corrected chi connectivity index (χ0v) is 10.9. The third kappa shape index (κ3) is 3.04. The third-order valence-corrected chi connectivity index (χ3v) is 3.31. The van der Waals surface area contributed by atoms with Crippen LogP contribution in [-0.4, -0.2) is 40.2 Å². The summed E-state index contributed by atoms with van der Waals surface area (Å²) in [5.41, 5.74) is 0. The number of aryl methyl sites for hydroxylation is 1. The van der Waals surface area contributed by atoms with Crippen molar-refractivity contribution in [3.63, 3.8) is 0 Å². The lowest BCUT2D eigenvalue weighted by Gasteiger charge is -2.38. The van der Waals surface area contributed by atoms with E-state index in [-0.39, 0.29) is 0 Å². The quantitative estimate of drug-likeness (QED) is 0.854. The van der Waals surface area contributed by atoms with Gasteiger partial charge in [0.2, 0.25) is 5.89 Å². The molecule has 17 heavy (non-hydrogen) atoms. The summed E-state index contributed by atoms with van der Waals surface area (Å²) >= 11 is 0. The minimum Gasteiger partial charge on any atom is -0.339 e. The van der Waals surface area contributed by atoms with Crippen LogP contribution in [0.5, 0.6) is 0 Å². The highest BCUT2D eigenvalue weighted by molar-refractivity contribution is 4.91. The van der Waals surface area contributed by atoms with Gasteiger partial charge in [-0.2, -0.15) is 4.98 Å². The van der Waals surface area contributed by atoms with Crippen LogP contribution in [0.25, 0.3) is 0 Å². The summed E-state index contributed by atoms with van der Waals surface area (Å²) in [5.74, 6) is 1.58. The van der Waals surface area contributed by atoms with Gasteiger partial charge in [0.05, 0.1) is 6.54 Å².